The molecule has 0 bridgehead atoms. The van der Waals surface area contributed by atoms with Gasteiger partial charge in [0.05, 0.1) is 18.4 Å². The molecule has 1 aromatic rings. The van der Waals surface area contributed by atoms with Gasteiger partial charge in [0, 0.05) is 37.4 Å². The van der Waals surface area contributed by atoms with Gasteiger partial charge >= 0.3 is 0 Å². The Kier molecular flexibility index (Phi) is 4.15. The number of aliphatic hydroxyl groups is 2. The van der Waals surface area contributed by atoms with Gasteiger partial charge in [0.15, 0.2) is 0 Å². The molecule has 1 heterocycles. The van der Waals surface area contributed by atoms with Gasteiger partial charge in [-0.1, -0.05) is 24.3 Å². The summed E-state index contributed by atoms with van der Waals surface area (Å²) in [5.74, 6) is 0.440. The maximum Gasteiger partial charge on any atom is 0.0946 e. The number of para-hydroxylation sites is 1. The fourth-order valence-corrected chi connectivity index (χ4v) is 3.09. The molecule has 0 amide bonds. The van der Waals surface area contributed by atoms with Crippen LogP contribution >= 0.6 is 0 Å². The highest BCUT2D eigenvalue weighted by molar-refractivity contribution is 5.47. The minimum atomic E-state index is 0.0624. The number of aliphatic hydroxyl groups excluding tert-OH is 2. The minimum absolute atomic E-state index is 0.0624. The molecule has 3 rings (SSSR count). The van der Waals surface area contributed by atoms with E-state index in [1.807, 2.05) is 24.3 Å². The number of allylic oxidation sites excluding steroid dienone is 3. The first kappa shape index (κ1) is 14.0. The van der Waals surface area contributed by atoms with Crippen molar-refractivity contribution in [3.63, 3.8) is 0 Å². The second-order valence-corrected chi connectivity index (χ2v) is 5.61. The number of hydrogen-bond acceptors (Lipinski definition) is 4. The van der Waals surface area contributed by atoms with Gasteiger partial charge in [-0.05, 0) is 24.6 Å². The summed E-state index contributed by atoms with van der Waals surface area (Å²) in [6.07, 6.45) is 5.58. The van der Waals surface area contributed by atoms with Gasteiger partial charge in [-0.2, -0.15) is 0 Å². The average Bonchev–Trinajstić information content (AvgIpc) is 2.55. The first-order chi connectivity index (χ1) is 10.3. The Morgan fingerprint density at radius 3 is 2.67 bits per heavy atom. The van der Waals surface area contributed by atoms with Crippen molar-refractivity contribution in [2.24, 2.45) is 0 Å². The molecule has 1 atom stereocenters. The largest absolute Gasteiger partial charge is 0.512 e. The van der Waals surface area contributed by atoms with E-state index in [9.17, 15) is 10.2 Å². The molecule has 1 saturated heterocycles. The third-order valence-corrected chi connectivity index (χ3v) is 4.21. The zero-order valence-corrected chi connectivity index (χ0v) is 12.2. The van der Waals surface area contributed by atoms with Crippen LogP contribution in [0, 0.1) is 0 Å². The Bertz CT molecular complexity index is 539. The van der Waals surface area contributed by atoms with Crippen molar-refractivity contribution in [3.8, 4) is 0 Å². The molecule has 4 nitrogen and oxygen atoms in total. The summed E-state index contributed by atoms with van der Waals surface area (Å²) in [7, 11) is 0. The van der Waals surface area contributed by atoms with E-state index in [0.29, 0.717) is 5.76 Å². The number of hydrogen-bond donors (Lipinski definition) is 2. The molecule has 0 radical (unpaired) electrons. The van der Waals surface area contributed by atoms with Crippen molar-refractivity contribution in [2.45, 2.75) is 18.9 Å². The highest BCUT2D eigenvalue weighted by Crippen LogP contribution is 2.25. The Morgan fingerprint density at radius 2 is 1.95 bits per heavy atom. The molecule has 0 aromatic heterocycles. The number of rotatable bonds is 3. The average molecular weight is 286 g/mol. The van der Waals surface area contributed by atoms with Crippen LogP contribution in [0.5, 0.6) is 0 Å². The van der Waals surface area contributed by atoms with Gasteiger partial charge in [-0.25, -0.2) is 0 Å². The van der Waals surface area contributed by atoms with Crippen LogP contribution in [0.3, 0.4) is 0 Å². The molecule has 112 valence electrons. The maximum atomic E-state index is 9.74. The summed E-state index contributed by atoms with van der Waals surface area (Å²) >= 11 is 0. The first-order valence-electron chi connectivity index (χ1n) is 7.55. The van der Waals surface area contributed by atoms with Crippen LogP contribution in [0.25, 0.3) is 0 Å². The molecule has 2 N–H and O–H groups in total. The lowest BCUT2D eigenvalue weighted by atomic mass is 10.1. The van der Waals surface area contributed by atoms with E-state index in [2.05, 4.69) is 28.0 Å². The van der Waals surface area contributed by atoms with Crippen molar-refractivity contribution in [1.29, 1.82) is 0 Å². The number of nitrogens with zero attached hydrogens (tertiary/aromatic N) is 2. The van der Waals surface area contributed by atoms with Crippen molar-refractivity contribution in [1.82, 2.24) is 4.90 Å². The highest BCUT2D eigenvalue weighted by Gasteiger charge is 2.28. The van der Waals surface area contributed by atoms with Crippen LogP contribution in [0.4, 0.5) is 5.69 Å². The molecule has 4 heteroatoms. The molecule has 1 fully saturated rings. The van der Waals surface area contributed by atoms with Crippen molar-refractivity contribution in [3.05, 3.63) is 53.9 Å². The highest BCUT2D eigenvalue weighted by atomic mass is 16.3. The van der Waals surface area contributed by atoms with Gasteiger partial charge in [-0.3, -0.25) is 0 Å². The molecular formula is C17H22N2O2. The van der Waals surface area contributed by atoms with Crippen molar-refractivity contribution < 1.29 is 10.2 Å². The van der Waals surface area contributed by atoms with Gasteiger partial charge < -0.3 is 20.0 Å². The number of piperazine rings is 1. The van der Waals surface area contributed by atoms with E-state index in [-0.39, 0.29) is 12.6 Å². The van der Waals surface area contributed by atoms with Crippen LogP contribution in [0.2, 0.25) is 0 Å². The summed E-state index contributed by atoms with van der Waals surface area (Å²) in [4.78, 5) is 4.53. The van der Waals surface area contributed by atoms with E-state index >= 15 is 0 Å². The third-order valence-electron chi connectivity index (χ3n) is 4.21. The fourth-order valence-electron chi connectivity index (χ4n) is 3.09. The molecular weight excluding hydrogens is 264 g/mol. The smallest absolute Gasteiger partial charge is 0.0946 e. The Hall–Kier alpha value is -1.94. The van der Waals surface area contributed by atoms with Gasteiger partial charge in [0.2, 0.25) is 0 Å². The zero-order chi connectivity index (χ0) is 14.7. The normalized spacial score (nSPS) is 22.8. The molecule has 0 saturated carbocycles. The number of anilines is 1. The molecule has 1 aliphatic heterocycles. The Balaban J connectivity index is 1.74. The summed E-state index contributed by atoms with van der Waals surface area (Å²) in [6, 6.07) is 10.4. The Labute approximate surface area is 125 Å². The summed E-state index contributed by atoms with van der Waals surface area (Å²) < 4.78 is 0. The first-order valence-corrected chi connectivity index (χ1v) is 7.55. The standard InChI is InChI=1S/C17H22N2O2/c20-13-16-12-18(14-5-2-1-3-6-14)9-10-19(16)15-7-4-8-17(21)11-15/h1-3,5-7,11,16,20-21H,4,8-10,12-13H2. The van der Waals surface area contributed by atoms with E-state index in [1.165, 1.54) is 5.69 Å². The number of benzene rings is 1. The summed E-state index contributed by atoms with van der Waals surface area (Å²) in [5.41, 5.74) is 2.25. The lowest BCUT2D eigenvalue weighted by Crippen LogP contribution is -2.54. The fraction of sp³-hybridized carbons (Fsp3) is 0.412. The molecule has 1 aromatic carbocycles. The lowest BCUT2D eigenvalue weighted by Gasteiger charge is -2.44. The predicted octanol–water partition coefficient (Wildman–Crippen LogP) is 2.29. The molecule has 1 aliphatic carbocycles. The maximum absolute atomic E-state index is 9.74. The van der Waals surface area contributed by atoms with Crippen molar-refractivity contribution in [2.75, 3.05) is 31.1 Å². The zero-order valence-electron chi connectivity index (χ0n) is 12.2. The molecule has 1 unspecified atom stereocenters. The second-order valence-electron chi connectivity index (χ2n) is 5.61. The Morgan fingerprint density at radius 1 is 1.14 bits per heavy atom. The van der Waals surface area contributed by atoms with E-state index in [0.717, 1.165) is 38.2 Å². The van der Waals surface area contributed by atoms with Gasteiger partial charge in [0.1, 0.15) is 0 Å². The quantitative estimate of drug-likeness (QED) is 0.895. The second kappa shape index (κ2) is 6.22. The SMILES string of the molecule is OCC1CN(c2ccccc2)CCN1C1=CCCC(O)=C1. The van der Waals surface area contributed by atoms with E-state index in [4.69, 9.17) is 0 Å². The lowest BCUT2D eigenvalue weighted by molar-refractivity contribution is 0.143. The van der Waals surface area contributed by atoms with Gasteiger partial charge in [-0.15, -0.1) is 0 Å². The summed E-state index contributed by atoms with van der Waals surface area (Å²) in [6.45, 7) is 2.70. The molecule has 0 spiro atoms. The van der Waals surface area contributed by atoms with Crippen LogP contribution in [-0.4, -0.2) is 47.4 Å². The topological polar surface area (TPSA) is 46.9 Å². The van der Waals surface area contributed by atoms with Crippen molar-refractivity contribution >= 4 is 5.69 Å². The van der Waals surface area contributed by atoms with Gasteiger partial charge in [0.25, 0.3) is 0 Å². The van der Waals surface area contributed by atoms with Crippen LogP contribution < -0.4 is 4.90 Å². The minimum Gasteiger partial charge on any atom is -0.512 e. The molecule has 2 aliphatic rings. The van der Waals surface area contributed by atoms with E-state index < -0.39 is 0 Å². The third kappa shape index (κ3) is 3.05. The predicted molar refractivity (Wildman–Crippen MR) is 84.3 cm³/mol. The summed E-state index contributed by atoms with van der Waals surface area (Å²) in [5, 5.41) is 19.5. The monoisotopic (exact) mass is 286 g/mol. The van der Waals surface area contributed by atoms with E-state index in [1.54, 1.807) is 0 Å². The molecule has 21 heavy (non-hydrogen) atoms. The van der Waals surface area contributed by atoms with Crippen LogP contribution in [0.1, 0.15) is 12.8 Å². The van der Waals surface area contributed by atoms with Crippen LogP contribution in [0.15, 0.2) is 53.9 Å². The van der Waals surface area contributed by atoms with Crippen LogP contribution in [-0.2, 0) is 0 Å².